The van der Waals surface area contributed by atoms with E-state index in [0.29, 0.717) is 36.6 Å². The molecule has 2 N–H and O–H groups in total. The SMILES string of the molecule is COCC[NH+](CCOC)Cc1c(O)ccc2c1O/C(=C\c1cccs1)C2=O. The summed E-state index contributed by atoms with van der Waals surface area (Å²) in [7, 11) is 3.32. The fourth-order valence-corrected chi connectivity index (χ4v) is 3.66. The largest absolute Gasteiger partial charge is 0.507 e. The van der Waals surface area contributed by atoms with E-state index in [1.807, 2.05) is 17.5 Å². The van der Waals surface area contributed by atoms with Crippen LogP contribution in [0.2, 0.25) is 0 Å². The number of phenols is 1. The van der Waals surface area contributed by atoms with Gasteiger partial charge in [0.15, 0.2) is 11.5 Å². The van der Waals surface area contributed by atoms with E-state index < -0.39 is 0 Å². The number of methoxy groups -OCH3 is 2. The highest BCUT2D eigenvalue weighted by Gasteiger charge is 2.32. The third-order valence-corrected chi connectivity index (χ3v) is 5.30. The number of quaternary nitrogens is 1. The van der Waals surface area contributed by atoms with E-state index in [4.69, 9.17) is 14.2 Å². The normalized spacial score (nSPS) is 14.8. The minimum Gasteiger partial charge on any atom is -0.507 e. The van der Waals surface area contributed by atoms with Crippen molar-refractivity contribution in [3.63, 3.8) is 0 Å². The maximum Gasteiger partial charge on any atom is 0.232 e. The molecule has 0 unspecified atom stereocenters. The lowest BCUT2D eigenvalue weighted by atomic mass is 10.0. The Balaban J connectivity index is 1.87. The van der Waals surface area contributed by atoms with Crippen molar-refractivity contribution in [2.24, 2.45) is 0 Å². The average Bonchev–Trinajstić information content (AvgIpc) is 3.28. The molecule has 0 saturated carbocycles. The van der Waals surface area contributed by atoms with Crippen molar-refractivity contribution in [2.45, 2.75) is 6.54 Å². The van der Waals surface area contributed by atoms with Gasteiger partial charge in [-0.05, 0) is 23.6 Å². The summed E-state index contributed by atoms with van der Waals surface area (Å²) in [6.45, 7) is 3.22. The van der Waals surface area contributed by atoms with E-state index in [9.17, 15) is 9.90 Å². The Morgan fingerprint density at radius 3 is 2.56 bits per heavy atom. The lowest BCUT2D eigenvalue weighted by molar-refractivity contribution is -0.914. The van der Waals surface area contributed by atoms with Gasteiger partial charge in [-0.1, -0.05) is 6.07 Å². The molecule has 3 rings (SSSR count). The first-order chi connectivity index (χ1) is 13.1. The molecule has 1 aliphatic rings. The van der Waals surface area contributed by atoms with Crippen LogP contribution in [0, 0.1) is 0 Å². The van der Waals surface area contributed by atoms with Gasteiger partial charge in [0.05, 0.1) is 24.3 Å². The van der Waals surface area contributed by atoms with Crippen molar-refractivity contribution in [3.05, 3.63) is 51.4 Å². The van der Waals surface area contributed by atoms with Crippen molar-refractivity contribution in [1.29, 1.82) is 0 Å². The van der Waals surface area contributed by atoms with Crippen LogP contribution < -0.4 is 9.64 Å². The molecule has 0 saturated heterocycles. The minimum absolute atomic E-state index is 0.131. The first-order valence-corrected chi connectivity index (χ1v) is 9.66. The first-order valence-electron chi connectivity index (χ1n) is 8.78. The highest BCUT2D eigenvalue weighted by Crippen LogP contribution is 2.39. The average molecular weight is 390 g/mol. The minimum atomic E-state index is -0.157. The first kappa shape index (κ1) is 19.6. The molecule has 144 valence electrons. The number of rotatable bonds is 9. The van der Waals surface area contributed by atoms with Crippen molar-refractivity contribution in [1.82, 2.24) is 0 Å². The van der Waals surface area contributed by atoms with Gasteiger partial charge < -0.3 is 24.2 Å². The second kappa shape index (κ2) is 9.14. The third-order valence-electron chi connectivity index (χ3n) is 4.48. The van der Waals surface area contributed by atoms with E-state index in [2.05, 4.69) is 0 Å². The van der Waals surface area contributed by atoms with Gasteiger partial charge in [0.2, 0.25) is 5.78 Å². The molecule has 27 heavy (non-hydrogen) atoms. The fourth-order valence-electron chi connectivity index (χ4n) is 3.01. The summed E-state index contributed by atoms with van der Waals surface area (Å²) >= 11 is 1.54. The number of hydrogen-bond acceptors (Lipinski definition) is 6. The van der Waals surface area contributed by atoms with Crippen LogP contribution in [0.3, 0.4) is 0 Å². The van der Waals surface area contributed by atoms with E-state index >= 15 is 0 Å². The molecule has 0 amide bonds. The number of hydrogen-bond donors (Lipinski definition) is 2. The maximum atomic E-state index is 12.7. The molecule has 1 aliphatic heterocycles. The summed E-state index contributed by atoms with van der Waals surface area (Å²) in [5, 5.41) is 12.4. The quantitative estimate of drug-likeness (QED) is 0.639. The molecule has 0 radical (unpaired) electrons. The Morgan fingerprint density at radius 2 is 1.93 bits per heavy atom. The summed E-state index contributed by atoms with van der Waals surface area (Å²) < 4.78 is 16.3. The second-order valence-corrected chi connectivity index (χ2v) is 7.29. The number of Topliss-reactive ketones (excluding diaryl/α,β-unsaturated/α-hetero) is 1. The van der Waals surface area contributed by atoms with Gasteiger partial charge in [-0.25, -0.2) is 0 Å². The van der Waals surface area contributed by atoms with Crippen LogP contribution >= 0.6 is 11.3 Å². The molecule has 0 fully saturated rings. The molecule has 1 aromatic carbocycles. The van der Waals surface area contributed by atoms with Gasteiger partial charge in [0, 0.05) is 25.2 Å². The Morgan fingerprint density at radius 1 is 1.19 bits per heavy atom. The smallest absolute Gasteiger partial charge is 0.232 e. The number of benzene rings is 1. The van der Waals surface area contributed by atoms with Crippen LogP contribution in [0.15, 0.2) is 35.4 Å². The zero-order valence-electron chi connectivity index (χ0n) is 15.5. The number of thiophene rings is 1. The lowest BCUT2D eigenvalue weighted by Crippen LogP contribution is -3.11. The monoisotopic (exact) mass is 390 g/mol. The predicted octanol–water partition coefficient (Wildman–Crippen LogP) is 1.75. The van der Waals surface area contributed by atoms with E-state index in [1.54, 1.807) is 32.4 Å². The van der Waals surface area contributed by atoms with Crippen molar-refractivity contribution in [2.75, 3.05) is 40.5 Å². The third kappa shape index (κ3) is 4.56. The molecular formula is C20H24NO5S+. The number of fused-ring (bicyclic) bond motifs is 1. The van der Waals surface area contributed by atoms with Gasteiger partial charge in [-0.2, -0.15) is 0 Å². The van der Waals surface area contributed by atoms with Gasteiger partial charge in [-0.15, -0.1) is 11.3 Å². The predicted molar refractivity (Wildman–Crippen MR) is 104 cm³/mol. The number of carbonyl (C=O) groups is 1. The van der Waals surface area contributed by atoms with Crippen LogP contribution in [0.1, 0.15) is 20.8 Å². The summed E-state index contributed by atoms with van der Waals surface area (Å²) in [5.41, 5.74) is 1.13. The molecule has 2 heterocycles. The van der Waals surface area contributed by atoms with E-state index in [0.717, 1.165) is 18.0 Å². The van der Waals surface area contributed by atoms with Crippen LogP contribution in [0.25, 0.3) is 6.08 Å². The lowest BCUT2D eigenvalue weighted by Gasteiger charge is -2.20. The molecule has 1 aromatic heterocycles. The zero-order valence-corrected chi connectivity index (χ0v) is 16.3. The summed E-state index contributed by atoms with van der Waals surface area (Å²) in [5.74, 6) is 0.714. The summed E-state index contributed by atoms with van der Waals surface area (Å²) in [6, 6.07) is 7.04. The number of ether oxygens (including phenoxy) is 3. The topological polar surface area (TPSA) is 69.4 Å². The van der Waals surface area contributed by atoms with Crippen molar-refractivity contribution >= 4 is 23.2 Å². The molecule has 7 heteroatoms. The van der Waals surface area contributed by atoms with Crippen LogP contribution in [-0.4, -0.2) is 51.4 Å². The Hall–Kier alpha value is -2.19. The Kier molecular flexibility index (Phi) is 6.63. The highest BCUT2D eigenvalue weighted by molar-refractivity contribution is 7.10. The van der Waals surface area contributed by atoms with Crippen LogP contribution in [0.4, 0.5) is 0 Å². The molecule has 6 nitrogen and oxygen atoms in total. The number of carbonyl (C=O) groups excluding carboxylic acids is 1. The number of ketones is 1. The van der Waals surface area contributed by atoms with Gasteiger partial charge >= 0.3 is 0 Å². The van der Waals surface area contributed by atoms with Crippen LogP contribution in [-0.2, 0) is 16.0 Å². The molecule has 0 atom stereocenters. The summed E-state index contributed by atoms with van der Waals surface area (Å²) in [6.07, 6.45) is 1.74. The molecular weight excluding hydrogens is 366 g/mol. The molecule has 0 aliphatic carbocycles. The van der Waals surface area contributed by atoms with E-state index in [1.165, 1.54) is 16.2 Å². The molecule has 0 spiro atoms. The van der Waals surface area contributed by atoms with Crippen molar-refractivity contribution < 1.29 is 29.0 Å². The zero-order chi connectivity index (χ0) is 19.2. The number of phenolic OH excluding ortho intramolecular Hbond substituents is 1. The Labute approximate surface area is 162 Å². The van der Waals surface area contributed by atoms with Crippen molar-refractivity contribution in [3.8, 4) is 11.5 Å². The second-order valence-electron chi connectivity index (χ2n) is 6.31. The van der Waals surface area contributed by atoms with Gasteiger partial charge in [0.1, 0.15) is 25.4 Å². The van der Waals surface area contributed by atoms with E-state index in [-0.39, 0.29) is 17.3 Å². The summed E-state index contributed by atoms with van der Waals surface area (Å²) in [4.78, 5) is 14.8. The fraction of sp³-hybridized carbons (Fsp3) is 0.350. The number of allylic oxidation sites excluding steroid dienone is 1. The Bertz CT molecular complexity index is 808. The van der Waals surface area contributed by atoms with Gasteiger partial charge in [-0.3, -0.25) is 4.79 Å². The van der Waals surface area contributed by atoms with Gasteiger partial charge in [0.25, 0.3) is 0 Å². The van der Waals surface area contributed by atoms with Crippen LogP contribution in [0.5, 0.6) is 11.5 Å². The molecule has 0 bridgehead atoms. The number of aromatic hydroxyl groups is 1. The number of nitrogens with one attached hydrogen (secondary N) is 1. The highest BCUT2D eigenvalue weighted by atomic mass is 32.1. The molecule has 2 aromatic rings. The maximum absolute atomic E-state index is 12.7. The standard InChI is InChI=1S/C20H23NO5S/c1-24-9-7-21(8-10-25-2)13-16-17(22)6-5-15-19(23)18(26-20(15)16)12-14-4-3-11-27-14/h3-6,11-12,22H,7-10,13H2,1-2H3/p+1/b18-12-.